The number of thioether (sulfide) groups is 1. The number of halogens is 1. The molecule has 1 fully saturated rings. The van der Waals surface area contributed by atoms with Gasteiger partial charge in [0.05, 0.1) is 17.5 Å². The molecule has 1 heterocycles. The molecular weight excluding hydrogens is 242 g/mol. The lowest BCUT2D eigenvalue weighted by Gasteiger charge is -2.13. The van der Waals surface area contributed by atoms with Crippen molar-refractivity contribution in [1.29, 1.82) is 0 Å². The number of hydrogen-bond donors (Lipinski definition) is 1. The maximum absolute atomic E-state index is 6.12. The highest BCUT2D eigenvalue weighted by molar-refractivity contribution is 7.99. The van der Waals surface area contributed by atoms with E-state index in [0.717, 1.165) is 5.75 Å². The minimum absolute atomic E-state index is 0.369. The van der Waals surface area contributed by atoms with Gasteiger partial charge in [0.1, 0.15) is 5.75 Å². The molecular formula is C12H16ClNOS. The zero-order valence-electron chi connectivity index (χ0n) is 9.50. The Labute approximate surface area is 106 Å². The first-order valence-electron chi connectivity index (χ1n) is 5.45. The Morgan fingerprint density at radius 1 is 1.56 bits per heavy atom. The Hall–Kier alpha value is -0.380. The Morgan fingerprint density at radius 2 is 2.38 bits per heavy atom. The highest BCUT2D eigenvalue weighted by Crippen LogP contribution is 2.36. The van der Waals surface area contributed by atoms with Crippen LogP contribution in [0.25, 0.3) is 0 Å². The van der Waals surface area contributed by atoms with Crippen LogP contribution >= 0.6 is 23.4 Å². The molecule has 1 aliphatic heterocycles. The van der Waals surface area contributed by atoms with Gasteiger partial charge in [0.2, 0.25) is 0 Å². The van der Waals surface area contributed by atoms with Crippen LogP contribution < -0.4 is 10.1 Å². The van der Waals surface area contributed by atoms with Crippen LogP contribution in [-0.2, 0) is 0 Å². The second kappa shape index (κ2) is 5.30. The second-order valence-electron chi connectivity index (χ2n) is 3.88. The van der Waals surface area contributed by atoms with Crippen molar-refractivity contribution in [3.05, 3.63) is 28.8 Å². The number of methoxy groups -OCH3 is 1. The fourth-order valence-corrected chi connectivity index (χ4v) is 3.45. The van der Waals surface area contributed by atoms with Gasteiger partial charge in [-0.05, 0) is 24.1 Å². The molecule has 4 heteroatoms. The molecule has 1 saturated heterocycles. The maximum Gasteiger partial charge on any atom is 0.137 e. The van der Waals surface area contributed by atoms with Gasteiger partial charge in [0.25, 0.3) is 0 Å². The molecule has 0 aromatic heterocycles. The van der Waals surface area contributed by atoms with Gasteiger partial charge in [-0.1, -0.05) is 24.6 Å². The Kier molecular flexibility index (Phi) is 4.00. The van der Waals surface area contributed by atoms with Gasteiger partial charge in [-0.25, -0.2) is 0 Å². The molecule has 0 spiro atoms. The van der Waals surface area contributed by atoms with Gasteiger partial charge in [0.15, 0.2) is 0 Å². The van der Waals surface area contributed by atoms with Gasteiger partial charge < -0.3 is 4.74 Å². The van der Waals surface area contributed by atoms with Crippen molar-refractivity contribution in [3.8, 4) is 5.75 Å². The minimum Gasteiger partial charge on any atom is -0.495 e. The fourth-order valence-electron chi connectivity index (χ4n) is 1.80. The maximum atomic E-state index is 6.12. The van der Waals surface area contributed by atoms with Crippen molar-refractivity contribution in [1.82, 2.24) is 5.32 Å². The van der Waals surface area contributed by atoms with Crippen LogP contribution in [0.1, 0.15) is 24.3 Å². The molecule has 1 N–H and O–H groups in total. The standard InChI is InChI=1S/C12H16ClNOS/c1-3-9-7-16-12(14-9)8-4-5-11(15-2)10(13)6-8/h4-6,9,12,14H,3,7H2,1-2H3. The second-order valence-corrected chi connectivity index (χ2v) is 5.42. The summed E-state index contributed by atoms with van der Waals surface area (Å²) in [7, 11) is 1.64. The van der Waals surface area contributed by atoms with E-state index in [-0.39, 0.29) is 0 Å². The molecule has 2 atom stereocenters. The lowest BCUT2D eigenvalue weighted by atomic mass is 10.2. The van der Waals surface area contributed by atoms with E-state index in [1.165, 1.54) is 17.7 Å². The van der Waals surface area contributed by atoms with E-state index in [1.807, 2.05) is 23.9 Å². The van der Waals surface area contributed by atoms with Crippen molar-refractivity contribution in [2.75, 3.05) is 12.9 Å². The lowest BCUT2D eigenvalue weighted by Crippen LogP contribution is -2.24. The molecule has 0 saturated carbocycles. The van der Waals surface area contributed by atoms with E-state index < -0.39 is 0 Å². The molecule has 0 amide bonds. The van der Waals surface area contributed by atoms with Crippen LogP contribution in [0, 0.1) is 0 Å². The summed E-state index contributed by atoms with van der Waals surface area (Å²) in [5, 5.41) is 4.64. The Morgan fingerprint density at radius 3 is 2.94 bits per heavy atom. The van der Waals surface area contributed by atoms with Crippen LogP contribution in [0.5, 0.6) is 5.75 Å². The summed E-state index contributed by atoms with van der Waals surface area (Å²) >= 11 is 8.06. The van der Waals surface area contributed by atoms with Gasteiger partial charge in [0, 0.05) is 11.8 Å². The normalized spacial score (nSPS) is 24.7. The Bertz CT molecular complexity index is 372. The van der Waals surface area contributed by atoms with E-state index in [1.54, 1.807) is 7.11 Å². The number of rotatable bonds is 3. The third-order valence-corrected chi connectivity index (χ3v) is 4.45. The van der Waals surface area contributed by atoms with Gasteiger partial charge in [-0.2, -0.15) is 0 Å². The van der Waals surface area contributed by atoms with E-state index >= 15 is 0 Å². The molecule has 2 unspecified atom stereocenters. The van der Waals surface area contributed by atoms with Crippen LogP contribution in [0.4, 0.5) is 0 Å². The van der Waals surface area contributed by atoms with Crippen LogP contribution in [0.3, 0.4) is 0 Å². The van der Waals surface area contributed by atoms with Crippen LogP contribution in [0.15, 0.2) is 18.2 Å². The zero-order chi connectivity index (χ0) is 11.5. The number of ether oxygens (including phenoxy) is 1. The summed E-state index contributed by atoms with van der Waals surface area (Å²) in [6.07, 6.45) is 1.17. The number of hydrogen-bond acceptors (Lipinski definition) is 3. The van der Waals surface area contributed by atoms with Crippen LogP contribution in [-0.4, -0.2) is 18.9 Å². The Balaban J connectivity index is 2.13. The first-order valence-corrected chi connectivity index (χ1v) is 6.88. The van der Waals surface area contributed by atoms with E-state index in [4.69, 9.17) is 16.3 Å². The molecule has 16 heavy (non-hydrogen) atoms. The molecule has 1 aromatic carbocycles. The third kappa shape index (κ3) is 2.47. The number of nitrogens with one attached hydrogen (secondary N) is 1. The summed E-state index contributed by atoms with van der Waals surface area (Å²) in [6.45, 7) is 2.21. The molecule has 2 nitrogen and oxygen atoms in total. The topological polar surface area (TPSA) is 21.3 Å². The highest BCUT2D eigenvalue weighted by Gasteiger charge is 2.24. The summed E-state index contributed by atoms with van der Waals surface area (Å²) in [6, 6.07) is 6.62. The van der Waals surface area contributed by atoms with Crippen molar-refractivity contribution in [2.24, 2.45) is 0 Å². The van der Waals surface area contributed by atoms with Gasteiger partial charge >= 0.3 is 0 Å². The summed E-state index contributed by atoms with van der Waals surface area (Å²) < 4.78 is 5.15. The third-order valence-electron chi connectivity index (χ3n) is 2.82. The predicted molar refractivity (Wildman–Crippen MR) is 70.4 cm³/mol. The van der Waals surface area contributed by atoms with E-state index in [0.29, 0.717) is 16.4 Å². The first-order chi connectivity index (χ1) is 7.74. The smallest absolute Gasteiger partial charge is 0.137 e. The molecule has 1 aliphatic rings. The first kappa shape index (κ1) is 12.1. The summed E-state index contributed by atoms with van der Waals surface area (Å²) in [5.41, 5.74) is 1.23. The highest BCUT2D eigenvalue weighted by atomic mass is 35.5. The molecule has 88 valence electrons. The van der Waals surface area contributed by atoms with Gasteiger partial charge in [-0.15, -0.1) is 11.8 Å². The van der Waals surface area contributed by atoms with Crippen molar-refractivity contribution in [3.63, 3.8) is 0 Å². The molecule has 1 aromatic rings. The van der Waals surface area contributed by atoms with Crippen molar-refractivity contribution < 1.29 is 4.74 Å². The quantitative estimate of drug-likeness (QED) is 0.896. The average molecular weight is 258 g/mol. The predicted octanol–water partition coefficient (Wildman–Crippen LogP) is 3.46. The average Bonchev–Trinajstić information content (AvgIpc) is 2.77. The largest absolute Gasteiger partial charge is 0.495 e. The molecule has 0 bridgehead atoms. The van der Waals surface area contributed by atoms with Crippen molar-refractivity contribution >= 4 is 23.4 Å². The molecule has 0 radical (unpaired) electrons. The fraction of sp³-hybridized carbons (Fsp3) is 0.500. The van der Waals surface area contributed by atoms with E-state index in [9.17, 15) is 0 Å². The summed E-state index contributed by atoms with van der Waals surface area (Å²) in [4.78, 5) is 0. The molecule has 0 aliphatic carbocycles. The van der Waals surface area contributed by atoms with E-state index in [2.05, 4.69) is 18.3 Å². The monoisotopic (exact) mass is 257 g/mol. The number of benzene rings is 1. The SMILES string of the molecule is CCC1CSC(c2ccc(OC)c(Cl)c2)N1. The van der Waals surface area contributed by atoms with Crippen molar-refractivity contribution in [2.45, 2.75) is 24.8 Å². The lowest BCUT2D eigenvalue weighted by molar-refractivity contribution is 0.415. The summed E-state index contributed by atoms with van der Waals surface area (Å²) in [5.74, 6) is 1.91. The molecule has 2 rings (SSSR count). The van der Waals surface area contributed by atoms with Crippen LogP contribution in [0.2, 0.25) is 5.02 Å². The zero-order valence-corrected chi connectivity index (χ0v) is 11.1. The minimum atomic E-state index is 0.369. The van der Waals surface area contributed by atoms with Gasteiger partial charge in [-0.3, -0.25) is 5.32 Å².